The van der Waals surface area contributed by atoms with Crippen LogP contribution in [0.4, 0.5) is 11.4 Å². The first-order valence-corrected chi connectivity index (χ1v) is 6.60. The minimum atomic E-state index is -0.286. The molecule has 0 unspecified atom stereocenters. The number of aromatic nitrogens is 2. The molecular formula is C14H14N4O4. The van der Waals surface area contributed by atoms with Gasteiger partial charge in [-0.3, -0.25) is 9.59 Å². The second-order valence-electron chi connectivity index (χ2n) is 4.68. The van der Waals surface area contributed by atoms with Gasteiger partial charge in [0.05, 0.1) is 0 Å². The summed E-state index contributed by atoms with van der Waals surface area (Å²) >= 11 is 0. The Kier molecular flexibility index (Phi) is 3.82. The van der Waals surface area contributed by atoms with Crippen LogP contribution in [0.15, 0.2) is 55.4 Å². The second-order valence-corrected chi connectivity index (χ2v) is 4.68. The van der Waals surface area contributed by atoms with Crippen LogP contribution < -0.4 is 21.8 Å². The van der Waals surface area contributed by atoms with Crippen LogP contribution in [-0.2, 0) is 13.1 Å². The van der Waals surface area contributed by atoms with E-state index in [2.05, 4.69) is 30.0 Å². The lowest BCUT2D eigenvalue weighted by molar-refractivity contribution is 0.414. The van der Waals surface area contributed by atoms with Crippen molar-refractivity contribution in [1.82, 2.24) is 10.3 Å². The summed E-state index contributed by atoms with van der Waals surface area (Å²) in [5.74, 6) is 0. The van der Waals surface area contributed by atoms with Gasteiger partial charge in [0.1, 0.15) is 23.9 Å². The number of H-pyrrole nitrogens is 2. The van der Waals surface area contributed by atoms with Gasteiger partial charge in [-0.05, 0) is 11.1 Å². The Hall–Kier alpha value is -3.16. The molecule has 114 valence electrons. The van der Waals surface area contributed by atoms with E-state index in [1.807, 2.05) is 24.3 Å². The molecule has 2 heterocycles. The van der Waals surface area contributed by atoms with Gasteiger partial charge in [-0.1, -0.05) is 24.3 Å². The van der Waals surface area contributed by atoms with Gasteiger partial charge in [-0.15, -0.1) is 0 Å². The van der Waals surface area contributed by atoms with Crippen molar-refractivity contribution in [2.45, 2.75) is 13.1 Å². The molecular weight excluding hydrogens is 288 g/mol. The molecule has 0 bridgehead atoms. The summed E-state index contributed by atoms with van der Waals surface area (Å²) in [6.45, 7) is 1.02. The van der Waals surface area contributed by atoms with E-state index < -0.39 is 0 Å². The molecule has 1 aromatic carbocycles. The van der Waals surface area contributed by atoms with E-state index in [1.54, 1.807) is 0 Å². The standard InChI is InChI=1S/C14H14N4O4/c19-13-11(7-21-17-13)15-5-9-1-2-10(4-3-9)6-16-12-8-22-18-14(12)20/h1-4,7-8,15-16H,5-6H2,(H,17,19)(H,18,20). The van der Waals surface area contributed by atoms with E-state index in [1.165, 1.54) is 12.5 Å². The largest absolute Gasteiger partial charge is 0.385 e. The SMILES string of the molecule is O=c1[nH]occ1NCc1ccc(CNc2co[nH]c2=O)cc1. The van der Waals surface area contributed by atoms with Gasteiger partial charge in [0, 0.05) is 13.1 Å². The van der Waals surface area contributed by atoms with Crippen molar-refractivity contribution in [2.24, 2.45) is 0 Å². The number of nitrogens with one attached hydrogen (secondary N) is 4. The van der Waals surface area contributed by atoms with Crippen molar-refractivity contribution in [2.75, 3.05) is 10.6 Å². The smallest absolute Gasteiger partial charge is 0.303 e. The van der Waals surface area contributed by atoms with Crippen molar-refractivity contribution in [3.8, 4) is 0 Å². The summed E-state index contributed by atoms with van der Waals surface area (Å²) in [6.07, 6.45) is 2.67. The Morgan fingerprint density at radius 2 is 1.18 bits per heavy atom. The van der Waals surface area contributed by atoms with Crippen LogP contribution in [-0.4, -0.2) is 10.3 Å². The Morgan fingerprint density at radius 3 is 1.50 bits per heavy atom. The monoisotopic (exact) mass is 302 g/mol. The quantitative estimate of drug-likeness (QED) is 0.548. The van der Waals surface area contributed by atoms with Crippen LogP contribution in [0.25, 0.3) is 0 Å². The van der Waals surface area contributed by atoms with Crippen molar-refractivity contribution in [1.29, 1.82) is 0 Å². The average Bonchev–Trinajstić information content (AvgIpc) is 3.12. The Labute approximate surface area is 124 Å². The molecule has 0 aliphatic heterocycles. The Morgan fingerprint density at radius 1 is 0.773 bits per heavy atom. The van der Waals surface area contributed by atoms with Crippen LogP contribution in [0.1, 0.15) is 11.1 Å². The normalized spacial score (nSPS) is 10.5. The van der Waals surface area contributed by atoms with Crippen molar-refractivity contribution in [3.05, 3.63) is 68.6 Å². The maximum atomic E-state index is 11.3. The highest BCUT2D eigenvalue weighted by Crippen LogP contribution is 2.08. The van der Waals surface area contributed by atoms with E-state index in [-0.39, 0.29) is 11.1 Å². The molecule has 0 saturated heterocycles. The van der Waals surface area contributed by atoms with Gasteiger partial charge in [0.25, 0.3) is 0 Å². The summed E-state index contributed by atoms with van der Waals surface area (Å²) in [5, 5.41) is 10.4. The number of hydrogen-bond donors (Lipinski definition) is 4. The lowest BCUT2D eigenvalue weighted by atomic mass is 10.1. The number of aromatic amines is 2. The molecule has 0 radical (unpaired) electrons. The minimum absolute atomic E-state index is 0.286. The maximum absolute atomic E-state index is 11.3. The average molecular weight is 302 g/mol. The van der Waals surface area contributed by atoms with Gasteiger partial charge in [-0.25, -0.2) is 0 Å². The predicted molar refractivity (Wildman–Crippen MR) is 79.8 cm³/mol. The van der Waals surface area contributed by atoms with Gasteiger partial charge in [0.2, 0.25) is 0 Å². The molecule has 22 heavy (non-hydrogen) atoms. The summed E-state index contributed by atoms with van der Waals surface area (Å²) in [4.78, 5) is 22.5. The summed E-state index contributed by atoms with van der Waals surface area (Å²) in [7, 11) is 0. The van der Waals surface area contributed by atoms with Gasteiger partial charge in [0.15, 0.2) is 0 Å². The lowest BCUT2D eigenvalue weighted by Gasteiger charge is -2.06. The second kappa shape index (κ2) is 6.08. The predicted octanol–water partition coefficient (Wildman–Crippen LogP) is 1.47. The number of benzene rings is 1. The molecule has 8 nitrogen and oxygen atoms in total. The highest BCUT2D eigenvalue weighted by molar-refractivity contribution is 5.39. The zero-order valence-electron chi connectivity index (χ0n) is 11.5. The number of rotatable bonds is 6. The molecule has 2 aromatic heterocycles. The molecule has 3 rings (SSSR count). The van der Waals surface area contributed by atoms with Gasteiger partial charge < -0.3 is 19.7 Å². The first-order valence-electron chi connectivity index (χ1n) is 6.60. The first-order chi connectivity index (χ1) is 10.7. The molecule has 0 aliphatic rings. The summed E-state index contributed by atoms with van der Waals surface area (Å²) in [6, 6.07) is 7.77. The molecule has 8 heteroatoms. The molecule has 0 saturated carbocycles. The fourth-order valence-corrected chi connectivity index (χ4v) is 1.91. The summed E-state index contributed by atoms with van der Waals surface area (Å²) < 4.78 is 9.37. The molecule has 0 spiro atoms. The number of hydrogen-bond acceptors (Lipinski definition) is 6. The molecule has 0 amide bonds. The third-order valence-corrected chi connectivity index (χ3v) is 3.13. The zero-order chi connectivity index (χ0) is 15.4. The first kappa shape index (κ1) is 13.8. The topological polar surface area (TPSA) is 116 Å². The third kappa shape index (κ3) is 3.11. The highest BCUT2D eigenvalue weighted by Gasteiger charge is 2.03. The van der Waals surface area contributed by atoms with Crippen molar-refractivity contribution >= 4 is 11.4 Å². The molecule has 0 fully saturated rings. The van der Waals surface area contributed by atoms with Crippen molar-refractivity contribution < 1.29 is 9.05 Å². The molecule has 0 atom stereocenters. The van der Waals surface area contributed by atoms with Crippen molar-refractivity contribution in [3.63, 3.8) is 0 Å². The molecule has 0 aliphatic carbocycles. The third-order valence-electron chi connectivity index (χ3n) is 3.13. The van der Waals surface area contributed by atoms with Crippen LogP contribution in [0.2, 0.25) is 0 Å². The van der Waals surface area contributed by atoms with Crippen LogP contribution in [0, 0.1) is 0 Å². The van der Waals surface area contributed by atoms with E-state index in [0.29, 0.717) is 24.5 Å². The minimum Gasteiger partial charge on any atom is -0.385 e. The van der Waals surface area contributed by atoms with Gasteiger partial charge in [-0.2, -0.15) is 10.3 Å². The lowest BCUT2D eigenvalue weighted by Crippen LogP contribution is -2.09. The highest BCUT2D eigenvalue weighted by atomic mass is 16.5. The summed E-state index contributed by atoms with van der Waals surface area (Å²) in [5.41, 5.74) is 2.25. The van der Waals surface area contributed by atoms with E-state index in [4.69, 9.17) is 0 Å². The van der Waals surface area contributed by atoms with Crippen LogP contribution in [0.3, 0.4) is 0 Å². The fraction of sp³-hybridized carbons (Fsp3) is 0.143. The molecule has 3 aromatic rings. The maximum Gasteiger partial charge on any atom is 0.303 e. The van der Waals surface area contributed by atoms with Gasteiger partial charge >= 0.3 is 11.1 Å². The zero-order valence-corrected chi connectivity index (χ0v) is 11.5. The van der Waals surface area contributed by atoms with E-state index in [0.717, 1.165) is 11.1 Å². The Bertz CT molecular complexity index is 769. The Balaban J connectivity index is 1.56. The van der Waals surface area contributed by atoms with E-state index in [9.17, 15) is 9.59 Å². The fourth-order valence-electron chi connectivity index (χ4n) is 1.91. The van der Waals surface area contributed by atoms with E-state index >= 15 is 0 Å². The van der Waals surface area contributed by atoms with Crippen LogP contribution in [0.5, 0.6) is 0 Å². The number of anilines is 2. The van der Waals surface area contributed by atoms with Crippen LogP contribution >= 0.6 is 0 Å². The molecule has 4 N–H and O–H groups in total.